The fourth-order valence-electron chi connectivity index (χ4n) is 1.98. The molecule has 23 heavy (non-hydrogen) atoms. The summed E-state index contributed by atoms with van der Waals surface area (Å²) in [4.78, 5) is 23.9. The molecule has 0 radical (unpaired) electrons. The van der Waals surface area contributed by atoms with E-state index in [2.05, 4.69) is 10.6 Å². The Balaban J connectivity index is 2.57. The molecule has 4 nitrogen and oxygen atoms in total. The Bertz CT molecular complexity index is 538. The van der Waals surface area contributed by atoms with E-state index >= 15 is 0 Å². The third-order valence-electron chi connectivity index (χ3n) is 4.47. The van der Waals surface area contributed by atoms with Crippen molar-refractivity contribution in [3.63, 3.8) is 0 Å². The molecule has 0 fully saturated rings. The fraction of sp³-hybridized carbons (Fsp3) is 0.579. The second kappa shape index (κ2) is 8.70. The number of carbonyl (C=O) groups excluding carboxylic acids is 2. The van der Waals surface area contributed by atoms with E-state index in [0.29, 0.717) is 13.1 Å². The summed E-state index contributed by atoms with van der Waals surface area (Å²) >= 11 is 0. The Morgan fingerprint density at radius 3 is 2.17 bits per heavy atom. The highest BCUT2D eigenvalue weighted by Crippen LogP contribution is 2.19. The van der Waals surface area contributed by atoms with Gasteiger partial charge in [-0.2, -0.15) is 0 Å². The summed E-state index contributed by atoms with van der Waals surface area (Å²) in [6.45, 7) is 10.9. The third kappa shape index (κ3) is 6.05. The minimum Gasteiger partial charge on any atom is -0.352 e. The van der Waals surface area contributed by atoms with Gasteiger partial charge in [0.15, 0.2) is 0 Å². The molecule has 0 aliphatic rings. The SMILES string of the molecule is CCC(C)C(=O)NCc1cccc(CNC(=O)C(C)(C)CC)c1. The summed E-state index contributed by atoms with van der Waals surface area (Å²) in [7, 11) is 0. The molecule has 1 rings (SSSR count). The lowest BCUT2D eigenvalue weighted by Crippen LogP contribution is -2.36. The molecule has 0 aliphatic carbocycles. The molecule has 0 saturated heterocycles. The first kappa shape index (κ1) is 19.2. The average molecular weight is 318 g/mol. The molecule has 2 N–H and O–H groups in total. The van der Waals surface area contributed by atoms with Crippen molar-refractivity contribution in [1.29, 1.82) is 0 Å². The van der Waals surface area contributed by atoms with Crippen LogP contribution < -0.4 is 10.6 Å². The van der Waals surface area contributed by atoms with E-state index in [0.717, 1.165) is 24.0 Å². The van der Waals surface area contributed by atoms with E-state index in [1.54, 1.807) is 0 Å². The Labute approximate surface area is 140 Å². The smallest absolute Gasteiger partial charge is 0.225 e. The highest BCUT2D eigenvalue weighted by atomic mass is 16.2. The second-order valence-electron chi connectivity index (χ2n) is 6.77. The fourth-order valence-corrected chi connectivity index (χ4v) is 1.98. The number of rotatable bonds is 8. The van der Waals surface area contributed by atoms with E-state index in [9.17, 15) is 9.59 Å². The summed E-state index contributed by atoms with van der Waals surface area (Å²) in [5.41, 5.74) is 1.74. The van der Waals surface area contributed by atoms with Crippen molar-refractivity contribution in [1.82, 2.24) is 10.6 Å². The highest BCUT2D eigenvalue weighted by molar-refractivity contribution is 5.81. The standard InChI is InChI=1S/C19H30N2O2/c1-6-14(3)17(22)20-12-15-9-8-10-16(11-15)13-21-18(23)19(4,5)7-2/h8-11,14H,6-7,12-13H2,1-5H3,(H,20,22)(H,21,23). The topological polar surface area (TPSA) is 58.2 Å². The van der Waals surface area contributed by atoms with Gasteiger partial charge >= 0.3 is 0 Å². The zero-order chi connectivity index (χ0) is 17.5. The number of hydrogen-bond acceptors (Lipinski definition) is 2. The molecular weight excluding hydrogens is 288 g/mol. The zero-order valence-corrected chi connectivity index (χ0v) is 15.0. The van der Waals surface area contributed by atoms with E-state index in [1.807, 2.05) is 58.9 Å². The molecule has 1 aromatic carbocycles. The molecule has 128 valence electrons. The van der Waals surface area contributed by atoms with Crippen molar-refractivity contribution in [2.75, 3.05) is 0 Å². The Morgan fingerprint density at radius 1 is 1.09 bits per heavy atom. The highest BCUT2D eigenvalue weighted by Gasteiger charge is 2.24. The third-order valence-corrected chi connectivity index (χ3v) is 4.47. The zero-order valence-electron chi connectivity index (χ0n) is 15.0. The maximum absolute atomic E-state index is 12.1. The van der Waals surface area contributed by atoms with Crippen LogP contribution in [-0.4, -0.2) is 11.8 Å². The van der Waals surface area contributed by atoms with Crippen LogP contribution in [0, 0.1) is 11.3 Å². The summed E-state index contributed by atoms with van der Waals surface area (Å²) in [5, 5.41) is 5.93. The number of benzene rings is 1. The molecule has 1 aromatic rings. The predicted molar refractivity (Wildman–Crippen MR) is 93.7 cm³/mol. The molecule has 0 heterocycles. The lowest BCUT2D eigenvalue weighted by atomic mass is 9.89. The predicted octanol–water partition coefficient (Wildman–Crippen LogP) is 3.40. The van der Waals surface area contributed by atoms with Crippen molar-refractivity contribution in [2.45, 2.75) is 60.5 Å². The van der Waals surface area contributed by atoms with Gasteiger partial charge in [-0.1, -0.05) is 58.9 Å². The first-order valence-corrected chi connectivity index (χ1v) is 8.44. The minimum atomic E-state index is -0.345. The maximum atomic E-state index is 12.1. The molecule has 0 saturated carbocycles. The molecule has 2 amide bonds. The van der Waals surface area contributed by atoms with Crippen LogP contribution >= 0.6 is 0 Å². The number of nitrogens with one attached hydrogen (secondary N) is 2. The van der Waals surface area contributed by atoms with Crippen LogP contribution in [0.4, 0.5) is 0 Å². The molecule has 0 aliphatic heterocycles. The van der Waals surface area contributed by atoms with Gasteiger partial charge < -0.3 is 10.6 Å². The molecule has 4 heteroatoms. The van der Waals surface area contributed by atoms with Crippen LogP contribution in [0.3, 0.4) is 0 Å². The van der Waals surface area contributed by atoms with Crippen molar-refractivity contribution < 1.29 is 9.59 Å². The van der Waals surface area contributed by atoms with Gasteiger partial charge in [-0.15, -0.1) is 0 Å². The lowest BCUT2D eigenvalue weighted by Gasteiger charge is -2.21. The van der Waals surface area contributed by atoms with Crippen LogP contribution in [-0.2, 0) is 22.7 Å². The summed E-state index contributed by atoms with van der Waals surface area (Å²) in [6, 6.07) is 7.95. The molecule has 1 atom stereocenters. The Hall–Kier alpha value is -1.84. The lowest BCUT2D eigenvalue weighted by molar-refractivity contribution is -0.129. The van der Waals surface area contributed by atoms with Gasteiger partial charge in [-0.05, 0) is 24.0 Å². The molecule has 0 bridgehead atoms. The van der Waals surface area contributed by atoms with Crippen molar-refractivity contribution in [2.24, 2.45) is 11.3 Å². The summed E-state index contributed by atoms with van der Waals surface area (Å²) in [6.07, 6.45) is 1.64. The summed E-state index contributed by atoms with van der Waals surface area (Å²) < 4.78 is 0. The van der Waals surface area contributed by atoms with Crippen LogP contribution in [0.25, 0.3) is 0 Å². The van der Waals surface area contributed by atoms with Gasteiger partial charge in [0.25, 0.3) is 0 Å². The maximum Gasteiger partial charge on any atom is 0.225 e. The molecule has 0 aromatic heterocycles. The normalized spacial score (nSPS) is 12.6. The van der Waals surface area contributed by atoms with Crippen molar-refractivity contribution in [3.8, 4) is 0 Å². The van der Waals surface area contributed by atoms with Crippen molar-refractivity contribution >= 4 is 11.8 Å². The van der Waals surface area contributed by atoms with E-state index in [1.165, 1.54) is 0 Å². The van der Waals surface area contributed by atoms with E-state index in [4.69, 9.17) is 0 Å². The van der Waals surface area contributed by atoms with Crippen LogP contribution in [0.5, 0.6) is 0 Å². The van der Waals surface area contributed by atoms with Gasteiger partial charge in [0, 0.05) is 24.4 Å². The van der Waals surface area contributed by atoms with Gasteiger partial charge in [0.05, 0.1) is 0 Å². The largest absolute Gasteiger partial charge is 0.352 e. The number of amides is 2. The summed E-state index contributed by atoms with van der Waals surface area (Å²) in [5.74, 6) is 0.181. The van der Waals surface area contributed by atoms with Crippen LogP contribution in [0.2, 0.25) is 0 Å². The van der Waals surface area contributed by atoms with Crippen LogP contribution in [0.15, 0.2) is 24.3 Å². The number of carbonyl (C=O) groups is 2. The number of hydrogen-bond donors (Lipinski definition) is 2. The minimum absolute atomic E-state index is 0.0359. The monoisotopic (exact) mass is 318 g/mol. The van der Waals surface area contributed by atoms with Gasteiger partial charge in [-0.3, -0.25) is 9.59 Å². The van der Waals surface area contributed by atoms with Gasteiger partial charge in [0.1, 0.15) is 0 Å². The second-order valence-corrected chi connectivity index (χ2v) is 6.77. The van der Waals surface area contributed by atoms with Gasteiger partial charge in [0.2, 0.25) is 11.8 Å². The molecule has 0 spiro atoms. The van der Waals surface area contributed by atoms with E-state index in [-0.39, 0.29) is 23.1 Å². The van der Waals surface area contributed by atoms with Crippen molar-refractivity contribution in [3.05, 3.63) is 35.4 Å². The van der Waals surface area contributed by atoms with Crippen LogP contribution in [0.1, 0.15) is 58.6 Å². The Kier molecular flexibility index (Phi) is 7.27. The quantitative estimate of drug-likeness (QED) is 0.772. The van der Waals surface area contributed by atoms with E-state index < -0.39 is 0 Å². The Morgan fingerprint density at radius 2 is 1.65 bits per heavy atom. The molecular formula is C19H30N2O2. The van der Waals surface area contributed by atoms with Gasteiger partial charge in [-0.25, -0.2) is 0 Å². The average Bonchev–Trinajstić information content (AvgIpc) is 2.56. The molecule has 1 unspecified atom stereocenters. The first-order valence-electron chi connectivity index (χ1n) is 8.44. The first-order chi connectivity index (χ1) is 10.8.